The van der Waals surface area contributed by atoms with Crippen LogP contribution in [0, 0.1) is 5.82 Å². The molecule has 10 nitrogen and oxygen atoms in total. The Morgan fingerprint density at radius 1 is 1.39 bits per heavy atom. The number of nitrogen functional groups attached to an aromatic ring is 1. The standard InChI is InChI=1S/C19H18FN5O5S/c1-9(29-13-5-3-2-4-11(13)20)17-23-24-19(30-17)31-8-12(26)14-15(21)25(10-6-7-10)18(28)22-16(14)27/h2-5,9-10H,6-8,21H2,1H3,(H,22,27,28)/t9-/m1/s1. The van der Waals surface area contributed by atoms with Crippen LogP contribution in [0.4, 0.5) is 10.2 Å². The van der Waals surface area contributed by atoms with Gasteiger partial charge in [0, 0.05) is 6.04 Å². The first-order valence-electron chi connectivity index (χ1n) is 9.40. The number of nitrogens with two attached hydrogens (primary N) is 1. The Bertz CT molecular complexity index is 1250. The van der Waals surface area contributed by atoms with Crippen molar-refractivity contribution in [2.45, 2.75) is 37.1 Å². The Morgan fingerprint density at radius 3 is 2.84 bits per heavy atom. The van der Waals surface area contributed by atoms with Gasteiger partial charge in [-0.15, -0.1) is 10.2 Å². The number of halogens is 1. The van der Waals surface area contributed by atoms with Crippen molar-refractivity contribution in [3.05, 3.63) is 62.4 Å². The van der Waals surface area contributed by atoms with E-state index in [0.717, 1.165) is 24.6 Å². The molecule has 3 aromatic rings. The summed E-state index contributed by atoms with van der Waals surface area (Å²) < 4.78 is 25.9. The summed E-state index contributed by atoms with van der Waals surface area (Å²) in [6.45, 7) is 1.61. The number of H-pyrrole nitrogens is 1. The van der Waals surface area contributed by atoms with Crippen LogP contribution < -0.4 is 21.7 Å². The molecule has 0 unspecified atom stereocenters. The predicted octanol–water partition coefficient (Wildman–Crippen LogP) is 2.09. The number of benzene rings is 1. The molecule has 1 aliphatic carbocycles. The molecule has 2 heterocycles. The van der Waals surface area contributed by atoms with Gasteiger partial charge in [0.2, 0.25) is 0 Å². The van der Waals surface area contributed by atoms with Crippen LogP contribution in [0.15, 0.2) is 43.5 Å². The number of hydrogen-bond donors (Lipinski definition) is 2. The van der Waals surface area contributed by atoms with E-state index in [2.05, 4.69) is 15.2 Å². The highest BCUT2D eigenvalue weighted by molar-refractivity contribution is 7.99. The molecule has 4 rings (SSSR count). The zero-order valence-corrected chi connectivity index (χ0v) is 17.1. The molecule has 12 heteroatoms. The van der Waals surface area contributed by atoms with Gasteiger partial charge in [-0.2, -0.15) is 0 Å². The Hall–Kier alpha value is -3.41. The first-order valence-corrected chi connectivity index (χ1v) is 10.4. The van der Waals surface area contributed by atoms with Crippen LogP contribution in [-0.4, -0.2) is 31.3 Å². The molecular weight excluding hydrogens is 429 g/mol. The van der Waals surface area contributed by atoms with E-state index in [9.17, 15) is 18.8 Å². The molecule has 1 atom stereocenters. The summed E-state index contributed by atoms with van der Waals surface area (Å²) in [7, 11) is 0. The zero-order chi connectivity index (χ0) is 22.1. The number of hydrogen-bond acceptors (Lipinski definition) is 9. The van der Waals surface area contributed by atoms with Gasteiger partial charge < -0.3 is 14.9 Å². The predicted molar refractivity (Wildman–Crippen MR) is 109 cm³/mol. The summed E-state index contributed by atoms with van der Waals surface area (Å²) in [4.78, 5) is 38.8. The molecule has 162 valence electrons. The number of carbonyl (C=O) groups excluding carboxylic acids is 1. The fraction of sp³-hybridized carbons (Fsp3) is 0.316. The van der Waals surface area contributed by atoms with E-state index in [1.807, 2.05) is 0 Å². The smallest absolute Gasteiger partial charge is 0.330 e. The average molecular weight is 447 g/mol. The van der Waals surface area contributed by atoms with Crippen molar-refractivity contribution >= 4 is 23.4 Å². The Morgan fingerprint density at radius 2 is 2.13 bits per heavy atom. The average Bonchev–Trinajstić information content (AvgIpc) is 3.43. The number of ketones is 1. The highest BCUT2D eigenvalue weighted by Gasteiger charge is 2.30. The molecule has 0 radical (unpaired) electrons. The maximum atomic E-state index is 13.7. The van der Waals surface area contributed by atoms with Crippen molar-refractivity contribution in [2.75, 3.05) is 11.5 Å². The summed E-state index contributed by atoms with van der Waals surface area (Å²) in [5.41, 5.74) is 4.22. The van der Waals surface area contributed by atoms with Crippen molar-refractivity contribution < 1.29 is 18.3 Å². The van der Waals surface area contributed by atoms with Crippen LogP contribution >= 0.6 is 11.8 Å². The Balaban J connectivity index is 1.44. The highest BCUT2D eigenvalue weighted by Crippen LogP contribution is 2.35. The van der Waals surface area contributed by atoms with Gasteiger partial charge in [0.15, 0.2) is 23.5 Å². The number of aromatic amines is 1. The lowest BCUT2D eigenvalue weighted by molar-refractivity contribution is 0.102. The zero-order valence-electron chi connectivity index (χ0n) is 16.3. The fourth-order valence-electron chi connectivity index (χ4n) is 2.95. The van der Waals surface area contributed by atoms with Gasteiger partial charge in [-0.1, -0.05) is 23.9 Å². The molecule has 31 heavy (non-hydrogen) atoms. The number of rotatable bonds is 8. The number of nitrogens with one attached hydrogen (secondary N) is 1. The second-order valence-corrected chi connectivity index (χ2v) is 7.86. The van der Waals surface area contributed by atoms with E-state index in [-0.39, 0.29) is 40.0 Å². The lowest BCUT2D eigenvalue weighted by Crippen LogP contribution is -2.36. The molecule has 2 aromatic heterocycles. The van der Waals surface area contributed by atoms with E-state index >= 15 is 0 Å². The van der Waals surface area contributed by atoms with E-state index in [1.54, 1.807) is 19.1 Å². The molecule has 0 amide bonds. The fourth-order valence-corrected chi connectivity index (χ4v) is 3.60. The van der Waals surface area contributed by atoms with E-state index < -0.39 is 29.0 Å². The minimum atomic E-state index is -0.830. The second-order valence-electron chi connectivity index (χ2n) is 6.93. The normalized spacial score (nSPS) is 14.4. The third kappa shape index (κ3) is 4.38. The van der Waals surface area contributed by atoms with E-state index in [0.29, 0.717) is 0 Å². The third-order valence-corrected chi connectivity index (χ3v) is 5.43. The van der Waals surface area contributed by atoms with Gasteiger partial charge in [0.1, 0.15) is 11.4 Å². The van der Waals surface area contributed by atoms with Gasteiger partial charge in [-0.05, 0) is 31.9 Å². The summed E-state index contributed by atoms with van der Waals surface area (Å²) in [6, 6.07) is 5.81. The molecule has 0 aliphatic heterocycles. The molecular formula is C19H18FN5O5S. The maximum absolute atomic E-state index is 13.7. The highest BCUT2D eigenvalue weighted by atomic mass is 32.2. The molecule has 0 spiro atoms. The van der Waals surface area contributed by atoms with Crippen molar-refractivity contribution in [3.63, 3.8) is 0 Å². The maximum Gasteiger partial charge on any atom is 0.330 e. The largest absolute Gasteiger partial charge is 0.478 e. The Kier molecular flexibility index (Phi) is 5.63. The van der Waals surface area contributed by atoms with Crippen LogP contribution in [0.5, 0.6) is 5.75 Å². The second kappa shape index (κ2) is 8.38. The molecule has 1 aromatic carbocycles. The molecule has 1 saturated carbocycles. The van der Waals surface area contributed by atoms with Gasteiger partial charge >= 0.3 is 5.69 Å². The van der Waals surface area contributed by atoms with Crippen molar-refractivity contribution in [1.29, 1.82) is 0 Å². The molecule has 0 bridgehead atoms. The minimum absolute atomic E-state index is 0.0399. The van der Waals surface area contributed by atoms with Gasteiger partial charge in [-0.3, -0.25) is 19.1 Å². The number of nitrogens with zero attached hydrogens (tertiary/aromatic N) is 3. The first-order chi connectivity index (χ1) is 14.8. The summed E-state index contributed by atoms with van der Waals surface area (Å²) in [5, 5.41) is 7.75. The van der Waals surface area contributed by atoms with Gasteiger partial charge in [0.05, 0.1) is 5.75 Å². The Labute approximate surface area is 178 Å². The van der Waals surface area contributed by atoms with E-state index in [1.165, 1.54) is 16.7 Å². The topological polar surface area (TPSA) is 146 Å². The summed E-state index contributed by atoms with van der Waals surface area (Å²) >= 11 is 0.907. The van der Waals surface area contributed by atoms with Gasteiger partial charge in [-0.25, -0.2) is 9.18 Å². The van der Waals surface area contributed by atoms with Crippen LogP contribution in [0.2, 0.25) is 0 Å². The van der Waals surface area contributed by atoms with Crippen LogP contribution in [0.3, 0.4) is 0 Å². The number of anilines is 1. The van der Waals surface area contributed by atoms with Crippen LogP contribution in [0.25, 0.3) is 0 Å². The molecule has 3 N–H and O–H groups in total. The number of carbonyl (C=O) groups is 1. The number of Topliss-reactive ketones (excluding diaryl/α,β-unsaturated/α-hetero) is 1. The van der Waals surface area contributed by atoms with Crippen molar-refractivity contribution in [3.8, 4) is 5.75 Å². The van der Waals surface area contributed by atoms with E-state index in [4.69, 9.17) is 14.9 Å². The number of thioether (sulfide) groups is 1. The molecule has 1 fully saturated rings. The molecule has 0 saturated heterocycles. The van der Waals surface area contributed by atoms with Gasteiger partial charge in [0.25, 0.3) is 16.7 Å². The summed E-state index contributed by atoms with van der Waals surface area (Å²) in [5.74, 6) is -1.31. The number of ether oxygens (including phenoxy) is 1. The third-order valence-electron chi connectivity index (χ3n) is 4.61. The van der Waals surface area contributed by atoms with Crippen LogP contribution in [-0.2, 0) is 0 Å². The summed E-state index contributed by atoms with van der Waals surface area (Å²) in [6.07, 6.45) is 0.794. The minimum Gasteiger partial charge on any atom is -0.478 e. The number of aromatic nitrogens is 4. The quantitative estimate of drug-likeness (QED) is 0.391. The first kappa shape index (κ1) is 20.8. The van der Waals surface area contributed by atoms with Crippen molar-refractivity contribution in [2.24, 2.45) is 0 Å². The molecule has 1 aliphatic rings. The lowest BCUT2D eigenvalue weighted by atomic mass is 10.2. The van der Waals surface area contributed by atoms with Crippen LogP contribution in [0.1, 0.15) is 48.2 Å². The number of para-hydroxylation sites is 1. The lowest BCUT2D eigenvalue weighted by Gasteiger charge is -2.11. The monoisotopic (exact) mass is 447 g/mol. The SMILES string of the molecule is C[C@@H](Oc1ccccc1F)c1nnc(SCC(=O)c2c(N)n(C3CC3)c(=O)[nH]c2=O)o1. The van der Waals surface area contributed by atoms with Crippen molar-refractivity contribution in [1.82, 2.24) is 19.7 Å².